The van der Waals surface area contributed by atoms with Gasteiger partial charge >= 0.3 is 0 Å². The van der Waals surface area contributed by atoms with Gasteiger partial charge in [-0.3, -0.25) is 9.48 Å². The van der Waals surface area contributed by atoms with E-state index >= 15 is 0 Å². The molecule has 0 radical (unpaired) electrons. The van der Waals surface area contributed by atoms with Crippen molar-refractivity contribution in [1.29, 1.82) is 0 Å². The van der Waals surface area contributed by atoms with Crippen molar-refractivity contribution in [2.24, 2.45) is 0 Å². The minimum absolute atomic E-state index is 0.250. The number of anilines is 1. The average Bonchev–Trinajstić information content (AvgIpc) is 2.70. The molecule has 1 heterocycles. The van der Waals surface area contributed by atoms with Gasteiger partial charge in [0.05, 0.1) is 5.02 Å². The number of halogens is 1. The second-order valence-corrected chi connectivity index (χ2v) is 4.41. The summed E-state index contributed by atoms with van der Waals surface area (Å²) in [5.74, 6) is -0.294. The number of hydrogen-bond acceptors (Lipinski definition) is 2. The molecule has 2 rings (SSSR count). The molecule has 0 aliphatic heterocycles. The Bertz CT molecular complexity index is 577. The molecule has 0 fully saturated rings. The second kappa shape index (κ2) is 5.23. The molecule has 0 aliphatic rings. The first-order valence-corrected chi connectivity index (χ1v) is 6.09. The SMILES string of the molecule is CCn1cc(Cl)c(C(=O)Nc2cccc(C)c2)n1. The monoisotopic (exact) mass is 263 g/mol. The molecule has 1 amide bonds. The number of rotatable bonds is 3. The van der Waals surface area contributed by atoms with Crippen LogP contribution in [0.25, 0.3) is 0 Å². The van der Waals surface area contributed by atoms with Gasteiger partial charge in [0, 0.05) is 18.4 Å². The van der Waals surface area contributed by atoms with Crippen LogP contribution in [-0.4, -0.2) is 15.7 Å². The van der Waals surface area contributed by atoms with E-state index in [1.807, 2.05) is 38.1 Å². The summed E-state index contributed by atoms with van der Waals surface area (Å²) < 4.78 is 1.63. The fourth-order valence-corrected chi connectivity index (χ4v) is 1.86. The van der Waals surface area contributed by atoms with E-state index in [-0.39, 0.29) is 11.6 Å². The van der Waals surface area contributed by atoms with Gasteiger partial charge < -0.3 is 5.32 Å². The summed E-state index contributed by atoms with van der Waals surface area (Å²) in [6.45, 7) is 4.58. The Hall–Kier alpha value is -1.81. The second-order valence-electron chi connectivity index (χ2n) is 4.00. The lowest BCUT2D eigenvalue weighted by Crippen LogP contribution is -2.13. The highest BCUT2D eigenvalue weighted by molar-refractivity contribution is 6.34. The van der Waals surface area contributed by atoms with Gasteiger partial charge in [0.15, 0.2) is 5.69 Å². The van der Waals surface area contributed by atoms with E-state index < -0.39 is 0 Å². The summed E-state index contributed by atoms with van der Waals surface area (Å²) in [5.41, 5.74) is 2.07. The highest BCUT2D eigenvalue weighted by Crippen LogP contribution is 2.16. The van der Waals surface area contributed by atoms with Crippen molar-refractivity contribution in [3.05, 3.63) is 46.7 Å². The summed E-state index contributed by atoms with van der Waals surface area (Å²) in [6.07, 6.45) is 1.65. The van der Waals surface area contributed by atoms with Crippen LogP contribution in [-0.2, 0) is 6.54 Å². The van der Waals surface area contributed by atoms with Crippen molar-refractivity contribution in [2.75, 3.05) is 5.32 Å². The van der Waals surface area contributed by atoms with Crippen molar-refractivity contribution in [1.82, 2.24) is 9.78 Å². The molecule has 0 unspecified atom stereocenters. The van der Waals surface area contributed by atoms with Crippen LogP contribution in [0.2, 0.25) is 5.02 Å². The fourth-order valence-electron chi connectivity index (χ4n) is 1.63. The van der Waals surface area contributed by atoms with Gasteiger partial charge in [0.25, 0.3) is 5.91 Å². The molecule has 1 N–H and O–H groups in total. The summed E-state index contributed by atoms with van der Waals surface area (Å²) in [5, 5.41) is 7.26. The lowest BCUT2D eigenvalue weighted by molar-refractivity contribution is 0.102. The third-order valence-corrected chi connectivity index (χ3v) is 2.81. The van der Waals surface area contributed by atoms with Crippen LogP contribution in [0.15, 0.2) is 30.5 Å². The number of carbonyl (C=O) groups excluding carboxylic acids is 1. The Morgan fingerprint density at radius 1 is 1.50 bits per heavy atom. The maximum absolute atomic E-state index is 12.0. The van der Waals surface area contributed by atoms with E-state index in [1.54, 1.807) is 10.9 Å². The first-order chi connectivity index (χ1) is 8.60. The predicted octanol–water partition coefficient (Wildman–Crippen LogP) is 3.12. The third-order valence-electron chi connectivity index (χ3n) is 2.53. The van der Waals surface area contributed by atoms with E-state index in [0.29, 0.717) is 11.6 Å². The maximum atomic E-state index is 12.0. The first-order valence-electron chi connectivity index (χ1n) is 5.71. The molecule has 2 aromatic rings. The summed E-state index contributed by atoms with van der Waals surface area (Å²) in [7, 11) is 0. The number of aryl methyl sites for hydroxylation is 2. The van der Waals surface area contributed by atoms with Crippen LogP contribution in [0.4, 0.5) is 5.69 Å². The minimum Gasteiger partial charge on any atom is -0.321 e. The summed E-state index contributed by atoms with van der Waals surface area (Å²) in [4.78, 5) is 12.0. The van der Waals surface area contributed by atoms with Gasteiger partial charge in [-0.25, -0.2) is 0 Å². The van der Waals surface area contributed by atoms with Crippen LogP contribution in [0.5, 0.6) is 0 Å². The van der Waals surface area contributed by atoms with E-state index in [4.69, 9.17) is 11.6 Å². The fraction of sp³-hybridized carbons (Fsp3) is 0.231. The molecular formula is C13H14ClN3O. The molecule has 4 nitrogen and oxygen atoms in total. The van der Waals surface area contributed by atoms with Crippen molar-refractivity contribution in [3.63, 3.8) is 0 Å². The third kappa shape index (κ3) is 2.71. The number of nitrogens with one attached hydrogen (secondary N) is 1. The van der Waals surface area contributed by atoms with Gasteiger partial charge in [0.2, 0.25) is 0 Å². The van der Waals surface area contributed by atoms with Crippen molar-refractivity contribution in [2.45, 2.75) is 20.4 Å². The van der Waals surface area contributed by atoms with Crippen LogP contribution in [0, 0.1) is 6.92 Å². The van der Waals surface area contributed by atoms with E-state index in [0.717, 1.165) is 11.3 Å². The van der Waals surface area contributed by atoms with Crippen LogP contribution in [0.1, 0.15) is 23.0 Å². The molecule has 0 saturated heterocycles. The molecule has 0 saturated carbocycles. The van der Waals surface area contributed by atoms with E-state index in [1.165, 1.54) is 0 Å². The molecule has 0 aliphatic carbocycles. The summed E-state index contributed by atoms with van der Waals surface area (Å²) >= 11 is 5.97. The van der Waals surface area contributed by atoms with Gasteiger partial charge in [-0.05, 0) is 31.5 Å². The van der Waals surface area contributed by atoms with Gasteiger partial charge in [-0.1, -0.05) is 23.7 Å². The van der Waals surface area contributed by atoms with Crippen LogP contribution < -0.4 is 5.32 Å². The zero-order valence-electron chi connectivity index (χ0n) is 10.3. The van der Waals surface area contributed by atoms with Gasteiger partial charge in [0.1, 0.15) is 0 Å². The molecular weight excluding hydrogens is 250 g/mol. The van der Waals surface area contributed by atoms with Crippen molar-refractivity contribution in [3.8, 4) is 0 Å². The molecule has 1 aromatic carbocycles. The number of carbonyl (C=O) groups is 1. The minimum atomic E-state index is -0.294. The Morgan fingerprint density at radius 3 is 2.89 bits per heavy atom. The highest BCUT2D eigenvalue weighted by Gasteiger charge is 2.15. The van der Waals surface area contributed by atoms with Crippen LogP contribution in [0.3, 0.4) is 0 Å². The number of aromatic nitrogens is 2. The zero-order chi connectivity index (χ0) is 13.1. The zero-order valence-corrected chi connectivity index (χ0v) is 11.0. The molecule has 5 heteroatoms. The van der Waals surface area contributed by atoms with E-state index in [9.17, 15) is 4.79 Å². The number of hydrogen-bond donors (Lipinski definition) is 1. The lowest BCUT2D eigenvalue weighted by Gasteiger charge is -2.04. The number of benzene rings is 1. The standard InChI is InChI=1S/C13H14ClN3O/c1-3-17-8-11(14)12(16-17)13(18)15-10-6-4-5-9(2)7-10/h4-8H,3H2,1-2H3,(H,15,18). The normalized spacial score (nSPS) is 10.4. The maximum Gasteiger partial charge on any atom is 0.277 e. The molecule has 0 bridgehead atoms. The Kier molecular flexibility index (Phi) is 3.67. The summed E-state index contributed by atoms with van der Waals surface area (Å²) in [6, 6.07) is 7.57. The van der Waals surface area contributed by atoms with Crippen molar-refractivity contribution < 1.29 is 4.79 Å². The topological polar surface area (TPSA) is 46.9 Å². The molecule has 0 spiro atoms. The van der Waals surface area contributed by atoms with Crippen molar-refractivity contribution >= 4 is 23.2 Å². The molecule has 0 atom stereocenters. The highest BCUT2D eigenvalue weighted by atomic mass is 35.5. The molecule has 94 valence electrons. The molecule has 18 heavy (non-hydrogen) atoms. The Balaban J connectivity index is 2.19. The Labute approximate surface area is 111 Å². The van der Waals surface area contributed by atoms with Gasteiger partial charge in [-0.2, -0.15) is 5.10 Å². The number of amides is 1. The lowest BCUT2D eigenvalue weighted by atomic mass is 10.2. The number of nitrogens with zero attached hydrogens (tertiary/aromatic N) is 2. The Morgan fingerprint density at radius 2 is 2.28 bits per heavy atom. The molecule has 1 aromatic heterocycles. The van der Waals surface area contributed by atoms with E-state index in [2.05, 4.69) is 10.4 Å². The predicted molar refractivity (Wildman–Crippen MR) is 72.0 cm³/mol. The smallest absolute Gasteiger partial charge is 0.277 e. The van der Waals surface area contributed by atoms with Gasteiger partial charge in [-0.15, -0.1) is 0 Å². The largest absolute Gasteiger partial charge is 0.321 e. The quantitative estimate of drug-likeness (QED) is 0.925. The van der Waals surface area contributed by atoms with Crippen LogP contribution >= 0.6 is 11.6 Å². The average molecular weight is 264 g/mol. The first kappa shape index (κ1) is 12.6.